The Morgan fingerprint density at radius 2 is 0.933 bits per heavy atom. The predicted octanol–water partition coefficient (Wildman–Crippen LogP) is 2.71. The van der Waals surface area contributed by atoms with E-state index in [9.17, 15) is 25.1 Å². The van der Waals surface area contributed by atoms with Crippen molar-refractivity contribution in [3.05, 3.63) is 108 Å². The molecule has 0 spiro atoms. The monoisotopic (exact) mass is 616 g/mol. The average molecular weight is 617 g/mol. The summed E-state index contributed by atoms with van der Waals surface area (Å²) in [7, 11) is 0. The largest absolute Gasteiger partial charge is 0.480 e. The van der Waals surface area contributed by atoms with Crippen LogP contribution in [0.5, 0.6) is 0 Å². The summed E-state index contributed by atoms with van der Waals surface area (Å²) in [5.41, 5.74) is 2.73. The van der Waals surface area contributed by atoms with Gasteiger partial charge in [-0.05, 0) is 16.7 Å². The molecular formula is C34H40N4O7. The van der Waals surface area contributed by atoms with E-state index in [2.05, 4.69) is 22.0 Å². The minimum atomic E-state index is -1.06. The Labute approximate surface area is 263 Å². The van der Waals surface area contributed by atoms with Crippen molar-refractivity contribution < 1.29 is 34.0 Å². The van der Waals surface area contributed by atoms with E-state index in [0.717, 1.165) is 16.7 Å². The van der Waals surface area contributed by atoms with Gasteiger partial charge < -0.3 is 29.7 Å². The molecule has 1 fully saturated rings. The molecular weight excluding hydrogens is 576 g/mol. The number of nitrogens with one attached hydrogen (secondary N) is 3. The van der Waals surface area contributed by atoms with Crippen molar-refractivity contribution in [1.29, 1.82) is 5.26 Å². The second kappa shape index (κ2) is 18.0. The van der Waals surface area contributed by atoms with Crippen LogP contribution >= 0.6 is 0 Å². The maximum Gasteiger partial charge on any atom is 0.317 e. The first kappa shape index (κ1) is 33.7. The first-order valence-corrected chi connectivity index (χ1v) is 14.9. The minimum Gasteiger partial charge on any atom is -0.480 e. The van der Waals surface area contributed by atoms with Gasteiger partial charge in [-0.15, -0.1) is 0 Å². The number of hydrogen-bond acceptors (Lipinski definition) is 9. The Morgan fingerprint density at radius 3 is 1.24 bits per heavy atom. The van der Waals surface area contributed by atoms with Crippen LogP contribution in [0, 0.1) is 11.3 Å². The average Bonchev–Trinajstić information content (AvgIpc) is 3.05. The number of benzene rings is 3. The van der Waals surface area contributed by atoms with Crippen molar-refractivity contribution in [2.45, 2.75) is 62.7 Å². The van der Waals surface area contributed by atoms with Crippen molar-refractivity contribution in [3.8, 4) is 6.07 Å². The first-order chi connectivity index (χ1) is 22.0. The number of nitrogens with zero attached hydrogens (tertiary/aromatic N) is 1. The standard InChI is InChI=1S/C34H40N4O7/c35-17-10-18-36-29-32(43-21-24-11-4-1-5-12-24)30(37-19-27(39)40)34(45-23-26-15-8-3-9-16-26)31(38-20-28(41)42)33(29)44-22-25-13-6-2-7-14-25/h1-9,11-16,29-34,36-38H,10,18-23H2,(H,39,40)(H,41,42)/t29-,30+,31-,32+,33-,34+. The van der Waals surface area contributed by atoms with E-state index in [1.807, 2.05) is 91.0 Å². The third-order valence-electron chi connectivity index (χ3n) is 7.57. The maximum atomic E-state index is 11.8. The Morgan fingerprint density at radius 1 is 0.600 bits per heavy atom. The van der Waals surface area contributed by atoms with Gasteiger partial charge in [0.1, 0.15) is 0 Å². The number of rotatable bonds is 18. The Bertz CT molecular complexity index is 1280. The fourth-order valence-corrected chi connectivity index (χ4v) is 5.56. The van der Waals surface area contributed by atoms with E-state index in [0.29, 0.717) is 6.54 Å². The summed E-state index contributed by atoms with van der Waals surface area (Å²) in [4.78, 5) is 23.6. The van der Waals surface area contributed by atoms with E-state index in [1.54, 1.807) is 0 Å². The summed E-state index contributed by atoms with van der Waals surface area (Å²) in [5, 5.41) is 38.3. The molecule has 0 unspecified atom stereocenters. The van der Waals surface area contributed by atoms with Crippen LogP contribution in [0.1, 0.15) is 23.1 Å². The lowest BCUT2D eigenvalue weighted by molar-refractivity contribution is -0.166. The molecule has 0 heterocycles. The minimum absolute atomic E-state index is 0.186. The molecule has 0 aliphatic heterocycles. The molecule has 3 aromatic carbocycles. The molecule has 0 saturated heterocycles. The second-order valence-corrected chi connectivity index (χ2v) is 10.8. The van der Waals surface area contributed by atoms with Crippen LogP contribution in [0.4, 0.5) is 0 Å². The first-order valence-electron chi connectivity index (χ1n) is 14.9. The lowest BCUT2D eigenvalue weighted by Crippen LogP contribution is -2.75. The highest BCUT2D eigenvalue weighted by atomic mass is 16.5. The van der Waals surface area contributed by atoms with Crippen LogP contribution < -0.4 is 16.0 Å². The van der Waals surface area contributed by atoms with E-state index >= 15 is 0 Å². The molecule has 11 nitrogen and oxygen atoms in total. The molecule has 6 atom stereocenters. The van der Waals surface area contributed by atoms with Gasteiger partial charge in [-0.25, -0.2) is 0 Å². The van der Waals surface area contributed by atoms with Crippen LogP contribution in [0.25, 0.3) is 0 Å². The van der Waals surface area contributed by atoms with Gasteiger partial charge in [0.05, 0.1) is 75.4 Å². The van der Waals surface area contributed by atoms with E-state index in [1.165, 1.54) is 0 Å². The third-order valence-corrected chi connectivity index (χ3v) is 7.57. The molecule has 4 rings (SSSR count). The van der Waals surface area contributed by atoms with E-state index < -0.39 is 48.4 Å². The zero-order chi connectivity index (χ0) is 31.9. The molecule has 1 aliphatic rings. The van der Waals surface area contributed by atoms with Gasteiger partial charge >= 0.3 is 11.9 Å². The number of nitriles is 1. The number of carboxylic acid groups (broad SMARTS) is 2. The van der Waals surface area contributed by atoms with Crippen LogP contribution in [-0.4, -0.2) is 78.2 Å². The fourth-order valence-electron chi connectivity index (χ4n) is 5.56. The zero-order valence-corrected chi connectivity index (χ0v) is 25.0. The Kier molecular flexibility index (Phi) is 13.5. The highest BCUT2D eigenvalue weighted by Gasteiger charge is 2.52. The summed E-state index contributed by atoms with van der Waals surface area (Å²) in [5.74, 6) is -2.13. The van der Waals surface area contributed by atoms with Crippen LogP contribution in [0.2, 0.25) is 0 Å². The molecule has 1 aliphatic carbocycles. The molecule has 11 heteroatoms. The molecule has 238 valence electrons. The van der Waals surface area contributed by atoms with E-state index in [4.69, 9.17) is 14.2 Å². The smallest absolute Gasteiger partial charge is 0.317 e. The molecule has 3 aromatic rings. The number of carbonyl (C=O) groups is 2. The number of ether oxygens (including phenoxy) is 3. The SMILES string of the molecule is N#CCCN[C@H]1[C@@H](OCc2ccccc2)[C@@H](NCC(=O)O)[C@@H](OCc2ccccc2)[C@@H](NCC(=O)O)[C@H]1OCc1ccccc1. The third kappa shape index (κ3) is 10.5. The summed E-state index contributed by atoms with van der Waals surface area (Å²) in [6, 6.07) is 28.9. The fraction of sp³-hybridized carbons (Fsp3) is 0.382. The molecule has 0 bridgehead atoms. The van der Waals surface area contributed by atoms with Crippen molar-refractivity contribution in [3.63, 3.8) is 0 Å². The lowest BCUT2D eigenvalue weighted by Gasteiger charge is -2.51. The summed E-state index contributed by atoms with van der Waals surface area (Å²) < 4.78 is 19.7. The highest BCUT2D eigenvalue weighted by Crippen LogP contribution is 2.31. The van der Waals surface area contributed by atoms with Crippen LogP contribution in [0.3, 0.4) is 0 Å². The van der Waals surface area contributed by atoms with Crippen molar-refractivity contribution in [2.75, 3.05) is 19.6 Å². The van der Waals surface area contributed by atoms with Gasteiger partial charge in [-0.1, -0.05) is 91.0 Å². The quantitative estimate of drug-likeness (QED) is 0.134. The number of carboxylic acids is 2. The van der Waals surface area contributed by atoms with Gasteiger partial charge in [-0.2, -0.15) is 5.26 Å². The van der Waals surface area contributed by atoms with Gasteiger partial charge in [0.25, 0.3) is 0 Å². The van der Waals surface area contributed by atoms with Gasteiger partial charge in [-0.3, -0.25) is 20.2 Å². The van der Waals surface area contributed by atoms with Gasteiger partial charge in [0.2, 0.25) is 0 Å². The Balaban J connectivity index is 1.76. The Hall–Kier alpha value is -4.15. The van der Waals surface area contributed by atoms with Gasteiger partial charge in [0, 0.05) is 13.0 Å². The lowest BCUT2D eigenvalue weighted by atomic mass is 9.78. The van der Waals surface area contributed by atoms with Crippen molar-refractivity contribution in [1.82, 2.24) is 16.0 Å². The van der Waals surface area contributed by atoms with Crippen LogP contribution in [-0.2, 0) is 43.6 Å². The van der Waals surface area contributed by atoms with E-state index in [-0.39, 0.29) is 39.3 Å². The summed E-state index contributed by atoms with van der Waals surface area (Å²) in [6.45, 7) is 0.171. The highest BCUT2D eigenvalue weighted by molar-refractivity contribution is 5.69. The molecule has 0 aromatic heterocycles. The van der Waals surface area contributed by atoms with Gasteiger partial charge in [0.15, 0.2) is 0 Å². The molecule has 1 saturated carbocycles. The number of hydrogen-bond donors (Lipinski definition) is 5. The molecule has 0 radical (unpaired) electrons. The zero-order valence-electron chi connectivity index (χ0n) is 25.0. The molecule has 5 N–H and O–H groups in total. The second-order valence-electron chi connectivity index (χ2n) is 10.8. The van der Waals surface area contributed by atoms with Crippen molar-refractivity contribution in [2.24, 2.45) is 0 Å². The topological polar surface area (TPSA) is 162 Å². The predicted molar refractivity (Wildman–Crippen MR) is 166 cm³/mol. The maximum absolute atomic E-state index is 11.8. The van der Waals surface area contributed by atoms with Crippen LogP contribution in [0.15, 0.2) is 91.0 Å². The summed E-state index contributed by atoms with van der Waals surface area (Å²) >= 11 is 0. The van der Waals surface area contributed by atoms with Crippen molar-refractivity contribution >= 4 is 11.9 Å². The molecule has 0 amide bonds. The summed E-state index contributed by atoms with van der Waals surface area (Å²) in [6.07, 6.45) is -1.97. The molecule has 45 heavy (non-hydrogen) atoms. The normalized spacial score (nSPS) is 22.8. The number of aliphatic carboxylic acids is 2.